The fraction of sp³-hybridized carbons (Fsp3) is 0.538. The first-order valence-corrected chi connectivity index (χ1v) is 5.90. The minimum Gasteiger partial charge on any atom is -0.490 e. The van der Waals surface area contributed by atoms with Crippen molar-refractivity contribution in [2.24, 2.45) is 5.73 Å². The molecule has 0 amide bonds. The smallest absolute Gasteiger partial charge is 0.161 e. The van der Waals surface area contributed by atoms with E-state index in [4.69, 9.17) is 15.2 Å². The number of hydrogen-bond acceptors (Lipinski definition) is 3. The van der Waals surface area contributed by atoms with Crippen LogP contribution in [0.1, 0.15) is 24.0 Å². The summed E-state index contributed by atoms with van der Waals surface area (Å²) in [5, 5.41) is 0. The summed E-state index contributed by atoms with van der Waals surface area (Å²) < 4.78 is 11.3. The van der Waals surface area contributed by atoms with Gasteiger partial charge in [0.15, 0.2) is 11.5 Å². The molecule has 1 aliphatic rings. The summed E-state index contributed by atoms with van der Waals surface area (Å²) in [6.45, 7) is 4.33. The van der Waals surface area contributed by atoms with Crippen LogP contribution in [0.3, 0.4) is 0 Å². The van der Waals surface area contributed by atoms with Gasteiger partial charge in [-0.1, -0.05) is 0 Å². The molecule has 88 valence electrons. The molecule has 0 unspecified atom stereocenters. The molecular weight excluding hydrogens is 202 g/mol. The normalized spacial score (nSPS) is 14.6. The quantitative estimate of drug-likeness (QED) is 0.849. The number of hydrogen-bond donors (Lipinski definition) is 1. The third kappa shape index (κ3) is 2.47. The Balaban J connectivity index is 2.24. The van der Waals surface area contributed by atoms with Crippen LogP contribution in [-0.2, 0) is 6.42 Å². The van der Waals surface area contributed by atoms with Gasteiger partial charge in [0.05, 0.1) is 13.2 Å². The Morgan fingerprint density at radius 3 is 2.56 bits per heavy atom. The molecule has 0 spiro atoms. The molecule has 2 rings (SSSR count). The maximum atomic E-state index is 5.67. The molecule has 1 heterocycles. The number of fused-ring (bicyclic) bond motifs is 1. The Labute approximate surface area is 96.5 Å². The van der Waals surface area contributed by atoms with Crippen molar-refractivity contribution in [1.82, 2.24) is 0 Å². The Hall–Kier alpha value is -1.22. The first-order valence-electron chi connectivity index (χ1n) is 5.90. The molecular formula is C13H19NO2. The van der Waals surface area contributed by atoms with E-state index >= 15 is 0 Å². The van der Waals surface area contributed by atoms with Crippen LogP contribution in [0.2, 0.25) is 0 Å². The van der Waals surface area contributed by atoms with Gasteiger partial charge in [-0.15, -0.1) is 0 Å². The number of aryl methyl sites for hydroxylation is 2. The highest BCUT2D eigenvalue weighted by Gasteiger charge is 2.12. The zero-order valence-electron chi connectivity index (χ0n) is 9.79. The van der Waals surface area contributed by atoms with E-state index in [0.717, 1.165) is 50.5 Å². The lowest BCUT2D eigenvalue weighted by Gasteiger charge is -2.12. The van der Waals surface area contributed by atoms with Gasteiger partial charge in [-0.25, -0.2) is 0 Å². The summed E-state index contributed by atoms with van der Waals surface area (Å²) in [5.41, 5.74) is 8.11. The van der Waals surface area contributed by atoms with Gasteiger partial charge < -0.3 is 15.2 Å². The summed E-state index contributed by atoms with van der Waals surface area (Å²) in [6.07, 6.45) is 2.98. The number of nitrogens with two attached hydrogens (primary N) is 1. The largest absolute Gasteiger partial charge is 0.490 e. The standard InChI is InChI=1S/C13H19NO2/c1-10-8-12-13(16-7-3-6-15-12)9-11(10)4-2-5-14/h8-9H,2-7,14H2,1H3. The minimum atomic E-state index is 0.730. The Morgan fingerprint density at radius 2 is 1.88 bits per heavy atom. The summed E-state index contributed by atoms with van der Waals surface area (Å²) in [4.78, 5) is 0. The third-order valence-corrected chi connectivity index (χ3v) is 2.86. The van der Waals surface area contributed by atoms with Crippen molar-refractivity contribution in [3.63, 3.8) is 0 Å². The van der Waals surface area contributed by atoms with Crippen LogP contribution in [0.15, 0.2) is 12.1 Å². The van der Waals surface area contributed by atoms with Crippen molar-refractivity contribution in [3.05, 3.63) is 23.3 Å². The number of ether oxygens (including phenoxy) is 2. The van der Waals surface area contributed by atoms with E-state index in [2.05, 4.69) is 19.1 Å². The maximum absolute atomic E-state index is 5.67. The van der Waals surface area contributed by atoms with Gasteiger partial charge >= 0.3 is 0 Å². The molecule has 3 nitrogen and oxygen atoms in total. The molecule has 0 fully saturated rings. The molecule has 0 saturated heterocycles. The first kappa shape index (κ1) is 11.3. The molecule has 16 heavy (non-hydrogen) atoms. The van der Waals surface area contributed by atoms with E-state index in [1.54, 1.807) is 0 Å². The zero-order valence-corrected chi connectivity index (χ0v) is 9.79. The second-order valence-electron chi connectivity index (χ2n) is 4.17. The fourth-order valence-corrected chi connectivity index (χ4v) is 1.91. The average Bonchev–Trinajstić information content (AvgIpc) is 2.50. The second-order valence-corrected chi connectivity index (χ2v) is 4.17. The van der Waals surface area contributed by atoms with Crippen LogP contribution >= 0.6 is 0 Å². The molecule has 2 N–H and O–H groups in total. The van der Waals surface area contributed by atoms with Crippen LogP contribution in [-0.4, -0.2) is 19.8 Å². The Bertz CT molecular complexity index is 363. The Morgan fingerprint density at radius 1 is 1.19 bits per heavy atom. The van der Waals surface area contributed by atoms with Gasteiger partial charge in [0.2, 0.25) is 0 Å². The molecule has 0 saturated carbocycles. The summed E-state index contributed by atoms with van der Waals surface area (Å²) in [5.74, 6) is 1.77. The van der Waals surface area contributed by atoms with Crippen molar-refractivity contribution in [3.8, 4) is 11.5 Å². The van der Waals surface area contributed by atoms with Crippen molar-refractivity contribution in [2.45, 2.75) is 26.2 Å². The SMILES string of the molecule is Cc1cc2c(cc1CCCN)OCCCO2. The van der Waals surface area contributed by atoms with Gasteiger partial charge in [0, 0.05) is 6.42 Å². The van der Waals surface area contributed by atoms with E-state index in [0.29, 0.717) is 0 Å². The van der Waals surface area contributed by atoms with E-state index in [-0.39, 0.29) is 0 Å². The summed E-state index contributed by atoms with van der Waals surface area (Å²) in [6, 6.07) is 4.18. The maximum Gasteiger partial charge on any atom is 0.161 e. The van der Waals surface area contributed by atoms with Crippen LogP contribution in [0.25, 0.3) is 0 Å². The van der Waals surface area contributed by atoms with Crippen LogP contribution in [0, 0.1) is 6.92 Å². The van der Waals surface area contributed by atoms with E-state index in [1.807, 2.05) is 0 Å². The number of benzene rings is 1. The van der Waals surface area contributed by atoms with Crippen molar-refractivity contribution in [2.75, 3.05) is 19.8 Å². The molecule has 0 atom stereocenters. The van der Waals surface area contributed by atoms with Gasteiger partial charge in [-0.3, -0.25) is 0 Å². The summed E-state index contributed by atoms with van der Waals surface area (Å²) >= 11 is 0. The zero-order chi connectivity index (χ0) is 11.4. The fourth-order valence-electron chi connectivity index (χ4n) is 1.91. The molecule has 3 heteroatoms. The van der Waals surface area contributed by atoms with Crippen LogP contribution in [0.5, 0.6) is 11.5 Å². The van der Waals surface area contributed by atoms with Gasteiger partial charge in [-0.2, -0.15) is 0 Å². The second kappa shape index (κ2) is 5.21. The topological polar surface area (TPSA) is 44.5 Å². The molecule has 1 aromatic rings. The molecule has 0 radical (unpaired) electrons. The predicted molar refractivity (Wildman–Crippen MR) is 64.2 cm³/mol. The first-order chi connectivity index (χ1) is 7.81. The minimum absolute atomic E-state index is 0.730. The van der Waals surface area contributed by atoms with Crippen molar-refractivity contribution in [1.29, 1.82) is 0 Å². The highest BCUT2D eigenvalue weighted by molar-refractivity contribution is 5.47. The third-order valence-electron chi connectivity index (χ3n) is 2.86. The predicted octanol–water partition coefficient (Wildman–Crippen LogP) is 2.05. The van der Waals surface area contributed by atoms with Crippen LogP contribution in [0.4, 0.5) is 0 Å². The lowest BCUT2D eigenvalue weighted by molar-refractivity contribution is 0.297. The highest BCUT2D eigenvalue weighted by Crippen LogP contribution is 2.32. The van der Waals surface area contributed by atoms with Crippen LogP contribution < -0.4 is 15.2 Å². The molecule has 0 bridgehead atoms. The van der Waals surface area contributed by atoms with E-state index in [1.165, 1.54) is 11.1 Å². The lowest BCUT2D eigenvalue weighted by atomic mass is 10.0. The Kier molecular flexibility index (Phi) is 3.67. The highest BCUT2D eigenvalue weighted by atomic mass is 16.5. The van der Waals surface area contributed by atoms with Crippen molar-refractivity contribution >= 4 is 0 Å². The van der Waals surface area contributed by atoms with E-state index < -0.39 is 0 Å². The average molecular weight is 221 g/mol. The van der Waals surface area contributed by atoms with Gasteiger partial charge in [0.25, 0.3) is 0 Å². The number of rotatable bonds is 3. The summed E-state index contributed by atoms with van der Waals surface area (Å²) in [7, 11) is 0. The van der Waals surface area contributed by atoms with Gasteiger partial charge in [-0.05, 0) is 49.6 Å². The van der Waals surface area contributed by atoms with Gasteiger partial charge in [0.1, 0.15) is 0 Å². The monoisotopic (exact) mass is 221 g/mol. The van der Waals surface area contributed by atoms with E-state index in [9.17, 15) is 0 Å². The lowest BCUT2D eigenvalue weighted by Crippen LogP contribution is -2.02. The molecule has 1 aromatic carbocycles. The molecule has 0 aliphatic carbocycles. The molecule has 0 aromatic heterocycles. The molecule has 1 aliphatic heterocycles. The van der Waals surface area contributed by atoms with Crippen molar-refractivity contribution < 1.29 is 9.47 Å².